The number of aliphatic hydroxyl groups is 1. The summed E-state index contributed by atoms with van der Waals surface area (Å²) < 4.78 is 5.42. The van der Waals surface area contributed by atoms with Gasteiger partial charge in [0.15, 0.2) is 0 Å². The van der Waals surface area contributed by atoms with Crippen molar-refractivity contribution < 1.29 is 9.84 Å². The van der Waals surface area contributed by atoms with Crippen LogP contribution in [0.1, 0.15) is 49.3 Å². The lowest BCUT2D eigenvalue weighted by Gasteiger charge is -2.39. The Bertz CT molecular complexity index is 488. The second-order valence-corrected chi connectivity index (χ2v) is 6.66. The zero-order chi connectivity index (χ0) is 14.8. The van der Waals surface area contributed by atoms with Crippen molar-refractivity contribution in [3.8, 4) is 5.75 Å². The lowest BCUT2D eigenvalue weighted by Crippen LogP contribution is -2.44. The van der Waals surface area contributed by atoms with E-state index >= 15 is 0 Å². The number of fused-ring (bicyclic) bond motifs is 1. The van der Waals surface area contributed by atoms with Crippen LogP contribution in [0.3, 0.4) is 0 Å². The monoisotopic (exact) mass is 289 g/mol. The second-order valence-electron chi connectivity index (χ2n) is 6.66. The lowest BCUT2D eigenvalue weighted by atomic mass is 9.91. The van der Waals surface area contributed by atoms with Gasteiger partial charge in [0.25, 0.3) is 0 Å². The molecule has 1 saturated heterocycles. The van der Waals surface area contributed by atoms with E-state index in [0.717, 1.165) is 30.3 Å². The Hall–Kier alpha value is -1.06. The van der Waals surface area contributed by atoms with Crippen molar-refractivity contribution in [3.63, 3.8) is 0 Å². The maximum atomic E-state index is 10.7. The van der Waals surface area contributed by atoms with Gasteiger partial charge in [0.1, 0.15) is 5.75 Å². The third-order valence-corrected chi connectivity index (χ3v) is 5.26. The van der Waals surface area contributed by atoms with Gasteiger partial charge in [-0.25, -0.2) is 0 Å². The number of aliphatic hydroxyl groups excluding tert-OH is 1. The molecule has 2 aliphatic rings. The van der Waals surface area contributed by atoms with Gasteiger partial charge >= 0.3 is 0 Å². The fraction of sp³-hybridized carbons (Fsp3) is 0.667. The molecule has 1 aliphatic heterocycles. The highest BCUT2D eigenvalue weighted by Gasteiger charge is 2.35. The standard InChI is InChI=1S/C18H27NO2/c1-13-8-9-18(21-2)15(11-13)17(20)12-19-10-4-6-14-5-3-7-16(14)19/h8-9,11,14,16-17,20H,3-7,10,12H2,1-2H3. The number of hydrogen-bond acceptors (Lipinski definition) is 3. The highest BCUT2D eigenvalue weighted by atomic mass is 16.5. The molecule has 0 aromatic heterocycles. The predicted molar refractivity (Wildman–Crippen MR) is 84.6 cm³/mol. The lowest BCUT2D eigenvalue weighted by molar-refractivity contribution is 0.0496. The van der Waals surface area contributed by atoms with Gasteiger partial charge in [0.2, 0.25) is 0 Å². The zero-order valence-corrected chi connectivity index (χ0v) is 13.2. The third kappa shape index (κ3) is 3.09. The SMILES string of the molecule is COc1ccc(C)cc1C(O)CN1CCCC2CCCC21. The normalized spacial score (nSPS) is 27.4. The van der Waals surface area contributed by atoms with E-state index in [-0.39, 0.29) is 0 Å². The Morgan fingerprint density at radius 1 is 1.29 bits per heavy atom. The van der Waals surface area contributed by atoms with Crippen LogP contribution in [0.5, 0.6) is 5.75 Å². The molecule has 1 aromatic carbocycles. The average Bonchev–Trinajstić information content (AvgIpc) is 2.96. The quantitative estimate of drug-likeness (QED) is 0.923. The van der Waals surface area contributed by atoms with E-state index in [1.807, 2.05) is 12.1 Å². The molecular weight excluding hydrogens is 262 g/mol. The Morgan fingerprint density at radius 3 is 2.90 bits per heavy atom. The first-order valence-electron chi connectivity index (χ1n) is 8.25. The number of methoxy groups -OCH3 is 1. The van der Waals surface area contributed by atoms with Crippen LogP contribution < -0.4 is 4.74 Å². The van der Waals surface area contributed by atoms with E-state index in [1.165, 1.54) is 37.7 Å². The van der Waals surface area contributed by atoms with Crippen LogP contribution in [-0.2, 0) is 0 Å². The van der Waals surface area contributed by atoms with Gasteiger partial charge in [-0.3, -0.25) is 4.90 Å². The number of likely N-dealkylation sites (tertiary alicyclic amines) is 1. The number of benzene rings is 1. The van der Waals surface area contributed by atoms with Crippen LogP contribution >= 0.6 is 0 Å². The van der Waals surface area contributed by atoms with E-state index < -0.39 is 6.10 Å². The average molecular weight is 289 g/mol. The number of ether oxygens (including phenoxy) is 1. The Morgan fingerprint density at radius 2 is 2.10 bits per heavy atom. The van der Waals surface area contributed by atoms with Crippen LogP contribution in [-0.4, -0.2) is 36.2 Å². The van der Waals surface area contributed by atoms with E-state index in [1.54, 1.807) is 7.11 Å². The van der Waals surface area contributed by atoms with Crippen LogP contribution in [0.15, 0.2) is 18.2 Å². The van der Waals surface area contributed by atoms with Gasteiger partial charge in [-0.1, -0.05) is 18.1 Å². The molecule has 1 saturated carbocycles. The van der Waals surface area contributed by atoms with Crippen molar-refractivity contribution in [2.45, 2.75) is 51.2 Å². The van der Waals surface area contributed by atoms with E-state index in [2.05, 4.69) is 17.9 Å². The van der Waals surface area contributed by atoms with E-state index in [4.69, 9.17) is 4.74 Å². The van der Waals surface area contributed by atoms with Gasteiger partial charge < -0.3 is 9.84 Å². The smallest absolute Gasteiger partial charge is 0.124 e. The van der Waals surface area contributed by atoms with Gasteiger partial charge in [0, 0.05) is 18.2 Å². The molecule has 1 aliphatic carbocycles. The van der Waals surface area contributed by atoms with E-state index in [9.17, 15) is 5.11 Å². The molecule has 0 radical (unpaired) electrons. The molecule has 0 amide bonds. The third-order valence-electron chi connectivity index (χ3n) is 5.26. The minimum atomic E-state index is -0.459. The first-order valence-corrected chi connectivity index (χ1v) is 8.25. The van der Waals surface area contributed by atoms with Crippen molar-refractivity contribution in [3.05, 3.63) is 29.3 Å². The highest BCUT2D eigenvalue weighted by Crippen LogP contribution is 2.38. The fourth-order valence-electron chi connectivity index (χ4n) is 4.22. The maximum absolute atomic E-state index is 10.7. The molecule has 3 atom stereocenters. The number of aryl methyl sites for hydroxylation is 1. The van der Waals surface area contributed by atoms with Crippen LogP contribution in [0.4, 0.5) is 0 Å². The summed E-state index contributed by atoms with van der Waals surface area (Å²) in [4.78, 5) is 2.52. The van der Waals surface area contributed by atoms with Crippen LogP contribution in [0, 0.1) is 12.8 Å². The van der Waals surface area contributed by atoms with E-state index in [0.29, 0.717) is 6.04 Å². The minimum Gasteiger partial charge on any atom is -0.496 e. The molecule has 2 fully saturated rings. The van der Waals surface area contributed by atoms with Crippen molar-refractivity contribution in [1.82, 2.24) is 4.90 Å². The summed E-state index contributed by atoms with van der Waals surface area (Å²) in [6.45, 7) is 3.93. The molecule has 0 spiro atoms. The fourth-order valence-corrected chi connectivity index (χ4v) is 4.22. The summed E-state index contributed by atoms with van der Waals surface area (Å²) in [5.41, 5.74) is 2.10. The minimum absolute atomic E-state index is 0.459. The first-order chi connectivity index (χ1) is 10.2. The van der Waals surface area contributed by atoms with Gasteiger partial charge in [0.05, 0.1) is 13.2 Å². The van der Waals surface area contributed by atoms with Crippen molar-refractivity contribution in [2.75, 3.05) is 20.2 Å². The molecule has 3 unspecified atom stereocenters. The Kier molecular flexibility index (Phi) is 4.51. The van der Waals surface area contributed by atoms with Crippen LogP contribution in [0.25, 0.3) is 0 Å². The summed E-state index contributed by atoms with van der Waals surface area (Å²) in [5.74, 6) is 1.67. The molecule has 116 valence electrons. The summed E-state index contributed by atoms with van der Waals surface area (Å²) in [7, 11) is 1.68. The molecule has 1 N–H and O–H groups in total. The summed E-state index contributed by atoms with van der Waals surface area (Å²) in [5, 5.41) is 10.7. The van der Waals surface area contributed by atoms with Crippen molar-refractivity contribution in [2.24, 2.45) is 5.92 Å². The number of hydrogen-bond donors (Lipinski definition) is 1. The summed E-state index contributed by atoms with van der Waals surface area (Å²) in [6.07, 6.45) is 6.24. The van der Waals surface area contributed by atoms with Gasteiger partial charge in [-0.2, -0.15) is 0 Å². The second kappa shape index (κ2) is 6.37. The molecule has 3 heteroatoms. The predicted octanol–water partition coefficient (Wildman–Crippen LogP) is 3.30. The summed E-state index contributed by atoms with van der Waals surface area (Å²) >= 11 is 0. The summed E-state index contributed by atoms with van der Waals surface area (Å²) in [6, 6.07) is 6.74. The molecular formula is C18H27NO2. The molecule has 1 heterocycles. The number of β-amino-alcohol motifs (C(OH)–C–C–N with tert-alkyl or cyclic N) is 1. The highest BCUT2D eigenvalue weighted by molar-refractivity contribution is 5.38. The van der Waals surface area contributed by atoms with Crippen molar-refractivity contribution in [1.29, 1.82) is 0 Å². The first kappa shape index (κ1) is 14.9. The molecule has 21 heavy (non-hydrogen) atoms. The molecule has 3 nitrogen and oxygen atoms in total. The zero-order valence-electron chi connectivity index (χ0n) is 13.2. The number of piperidine rings is 1. The largest absolute Gasteiger partial charge is 0.496 e. The number of rotatable bonds is 4. The van der Waals surface area contributed by atoms with Gasteiger partial charge in [-0.15, -0.1) is 0 Å². The van der Waals surface area contributed by atoms with Crippen molar-refractivity contribution >= 4 is 0 Å². The van der Waals surface area contributed by atoms with Crippen LogP contribution in [0.2, 0.25) is 0 Å². The number of nitrogens with zero attached hydrogens (tertiary/aromatic N) is 1. The molecule has 1 aromatic rings. The topological polar surface area (TPSA) is 32.7 Å². The Balaban J connectivity index is 1.73. The molecule has 0 bridgehead atoms. The molecule has 3 rings (SSSR count). The Labute approximate surface area is 127 Å². The van der Waals surface area contributed by atoms with Gasteiger partial charge in [-0.05, 0) is 57.2 Å². The maximum Gasteiger partial charge on any atom is 0.124 e.